The first-order valence-corrected chi connectivity index (χ1v) is 11.5. The number of ether oxygens (including phenoxy) is 1. The van der Waals surface area contributed by atoms with Gasteiger partial charge in [-0.25, -0.2) is 4.79 Å². The normalized spacial score (nSPS) is 50.2. The highest BCUT2D eigenvalue weighted by Crippen LogP contribution is 2.68. The molecule has 0 aromatic carbocycles. The van der Waals surface area contributed by atoms with Crippen LogP contribution in [-0.2, 0) is 14.3 Å². The number of esters is 1. The number of hydrogen-bond donors (Lipinski definition) is 1. The molecule has 4 aliphatic rings. The maximum atomic E-state index is 12.3. The van der Waals surface area contributed by atoms with Crippen molar-refractivity contribution in [2.75, 3.05) is 6.61 Å². The largest absolute Gasteiger partial charge is 0.458 e. The van der Waals surface area contributed by atoms with Crippen LogP contribution in [0.3, 0.4) is 0 Å². The number of rotatable bonds is 3. The van der Waals surface area contributed by atoms with Crippen molar-refractivity contribution in [3.05, 3.63) is 0 Å². The third-order valence-corrected chi connectivity index (χ3v) is 9.92. The summed E-state index contributed by atoms with van der Waals surface area (Å²) in [5.74, 6) is 2.99. The average molecular weight is 391 g/mol. The van der Waals surface area contributed by atoms with E-state index in [-0.39, 0.29) is 11.3 Å². The second-order valence-electron chi connectivity index (χ2n) is 11.2. The highest BCUT2D eigenvalue weighted by Gasteiger charge is 2.61. The average Bonchev–Trinajstić information content (AvgIpc) is 2.99. The van der Waals surface area contributed by atoms with Gasteiger partial charge < -0.3 is 9.84 Å². The summed E-state index contributed by atoms with van der Waals surface area (Å²) in [6.45, 7) is 8.24. The minimum Gasteiger partial charge on any atom is -0.458 e. The molecule has 4 saturated carbocycles. The Balaban J connectivity index is 1.53. The number of fused-ring (bicyclic) bond motifs is 5. The van der Waals surface area contributed by atoms with Crippen molar-refractivity contribution in [3.63, 3.8) is 0 Å². The molecule has 0 aromatic heterocycles. The van der Waals surface area contributed by atoms with Crippen LogP contribution < -0.4 is 0 Å². The van der Waals surface area contributed by atoms with Gasteiger partial charge in [-0.2, -0.15) is 0 Å². The lowest BCUT2D eigenvalue weighted by Crippen LogP contribution is -2.56. The minimum atomic E-state index is -0.528. The summed E-state index contributed by atoms with van der Waals surface area (Å²) >= 11 is 0. The fourth-order valence-electron chi connectivity index (χ4n) is 8.48. The monoisotopic (exact) mass is 390 g/mol. The van der Waals surface area contributed by atoms with Gasteiger partial charge >= 0.3 is 5.97 Å². The highest BCUT2D eigenvalue weighted by atomic mass is 16.6. The van der Waals surface area contributed by atoms with Crippen LogP contribution in [-0.4, -0.2) is 29.1 Å². The van der Waals surface area contributed by atoms with E-state index in [4.69, 9.17) is 9.84 Å². The van der Waals surface area contributed by atoms with E-state index in [1.54, 1.807) is 6.92 Å². The second-order valence-corrected chi connectivity index (χ2v) is 11.2. The molecule has 0 aromatic rings. The van der Waals surface area contributed by atoms with Gasteiger partial charge in [0.05, 0.1) is 0 Å². The Morgan fingerprint density at radius 1 is 0.929 bits per heavy atom. The molecule has 158 valence electrons. The molecule has 0 radical (unpaired) electrons. The molecule has 0 saturated heterocycles. The van der Waals surface area contributed by atoms with Crippen LogP contribution in [0.4, 0.5) is 0 Å². The zero-order chi connectivity index (χ0) is 20.3. The highest BCUT2D eigenvalue weighted by molar-refractivity contribution is 5.79. The van der Waals surface area contributed by atoms with Gasteiger partial charge in [-0.15, -0.1) is 0 Å². The molecule has 28 heavy (non-hydrogen) atoms. The van der Waals surface area contributed by atoms with E-state index in [0.29, 0.717) is 23.0 Å². The molecule has 0 unspecified atom stereocenters. The van der Waals surface area contributed by atoms with E-state index in [0.717, 1.165) is 37.5 Å². The summed E-state index contributed by atoms with van der Waals surface area (Å²) in [5.41, 5.74) is 0.118. The van der Waals surface area contributed by atoms with Crippen molar-refractivity contribution in [1.29, 1.82) is 0 Å². The van der Waals surface area contributed by atoms with Crippen molar-refractivity contribution >= 4 is 11.8 Å². The van der Waals surface area contributed by atoms with Gasteiger partial charge in [0.2, 0.25) is 0 Å². The fourth-order valence-corrected chi connectivity index (χ4v) is 8.48. The fraction of sp³-hybridized carbons (Fsp3) is 0.917. The van der Waals surface area contributed by atoms with Crippen LogP contribution >= 0.6 is 0 Å². The van der Waals surface area contributed by atoms with Gasteiger partial charge in [-0.05, 0) is 106 Å². The number of carbonyl (C=O) groups is 2. The molecule has 4 rings (SSSR count). The third kappa shape index (κ3) is 2.97. The van der Waals surface area contributed by atoms with Crippen LogP contribution in [0.2, 0.25) is 0 Å². The van der Waals surface area contributed by atoms with E-state index in [2.05, 4.69) is 20.8 Å². The summed E-state index contributed by atoms with van der Waals surface area (Å²) in [6.07, 6.45) is 10.2. The van der Waals surface area contributed by atoms with E-state index < -0.39 is 18.2 Å². The zero-order valence-corrected chi connectivity index (χ0v) is 18.1. The van der Waals surface area contributed by atoms with Gasteiger partial charge in [0.15, 0.2) is 0 Å². The maximum Gasteiger partial charge on any atom is 0.332 e. The van der Waals surface area contributed by atoms with Crippen LogP contribution in [0.1, 0.15) is 85.5 Å². The number of aliphatic hydroxyl groups is 1. The topological polar surface area (TPSA) is 63.6 Å². The predicted octanol–water partition coefficient (Wildman–Crippen LogP) is 4.53. The van der Waals surface area contributed by atoms with Crippen molar-refractivity contribution in [3.8, 4) is 0 Å². The van der Waals surface area contributed by atoms with Crippen molar-refractivity contribution in [1.82, 2.24) is 0 Å². The molecule has 4 nitrogen and oxygen atoms in total. The summed E-state index contributed by atoms with van der Waals surface area (Å²) in [6, 6.07) is 0. The van der Waals surface area contributed by atoms with E-state index in [9.17, 15) is 9.59 Å². The molecule has 8 atom stereocenters. The van der Waals surface area contributed by atoms with Crippen LogP contribution in [0.15, 0.2) is 0 Å². The van der Waals surface area contributed by atoms with Gasteiger partial charge in [0, 0.05) is 5.92 Å². The molecular weight excluding hydrogens is 352 g/mol. The quantitative estimate of drug-likeness (QED) is 0.719. The lowest BCUT2D eigenvalue weighted by molar-refractivity contribution is -0.183. The van der Waals surface area contributed by atoms with Gasteiger partial charge in [0.25, 0.3) is 0 Å². The SMILES string of the molecule is CC(=O)[C@H]1CC[C@H]2[C@@H]3CC[C@H]4C[C@](C)(OC(=O)CO)CC[C@]4(C)[C@H]3CC[C@]12C. The molecule has 0 spiro atoms. The third-order valence-electron chi connectivity index (χ3n) is 9.92. The van der Waals surface area contributed by atoms with E-state index in [1.165, 1.54) is 32.1 Å². The summed E-state index contributed by atoms with van der Waals surface area (Å²) in [5, 5.41) is 9.09. The summed E-state index contributed by atoms with van der Waals surface area (Å²) < 4.78 is 5.66. The van der Waals surface area contributed by atoms with Crippen LogP contribution in [0, 0.1) is 40.4 Å². The first-order valence-electron chi connectivity index (χ1n) is 11.5. The van der Waals surface area contributed by atoms with Crippen LogP contribution in [0.25, 0.3) is 0 Å². The number of aliphatic hydroxyl groups excluding tert-OH is 1. The Morgan fingerprint density at radius 3 is 2.32 bits per heavy atom. The molecule has 4 aliphatic carbocycles. The standard InChI is InChI=1S/C24H38O4/c1-15(26)18-7-8-19-17-6-5-16-13-22(2,28-21(27)14-25)11-12-23(16,3)20(17)9-10-24(18,19)4/h16-20,25H,5-14H2,1-4H3/t16-,17-,18+,19-,20-,22+,23-,24+/m0/s1. The van der Waals surface area contributed by atoms with Crippen molar-refractivity contribution in [2.24, 2.45) is 40.4 Å². The number of ketones is 1. The Bertz CT molecular complexity index is 659. The second kappa shape index (κ2) is 6.82. The van der Waals surface area contributed by atoms with Crippen LogP contribution in [0.5, 0.6) is 0 Å². The Kier molecular flexibility index (Phi) is 4.96. The van der Waals surface area contributed by atoms with E-state index in [1.807, 2.05) is 0 Å². The predicted molar refractivity (Wildman–Crippen MR) is 107 cm³/mol. The zero-order valence-electron chi connectivity index (χ0n) is 18.1. The summed E-state index contributed by atoms with van der Waals surface area (Å²) in [4.78, 5) is 24.0. The molecule has 0 heterocycles. The molecule has 0 amide bonds. The first-order chi connectivity index (χ1) is 13.1. The lowest BCUT2D eigenvalue weighted by atomic mass is 9.44. The lowest BCUT2D eigenvalue weighted by Gasteiger charge is -2.62. The van der Waals surface area contributed by atoms with Crippen molar-refractivity contribution < 1.29 is 19.4 Å². The molecule has 1 N–H and O–H groups in total. The molecule has 4 heteroatoms. The van der Waals surface area contributed by atoms with Crippen molar-refractivity contribution in [2.45, 2.75) is 91.1 Å². The minimum absolute atomic E-state index is 0.218. The van der Waals surface area contributed by atoms with Gasteiger partial charge in [0.1, 0.15) is 18.0 Å². The Labute approximate surface area is 169 Å². The molecule has 0 aliphatic heterocycles. The Hall–Kier alpha value is -0.900. The molecular formula is C24H38O4. The van der Waals surface area contributed by atoms with Gasteiger partial charge in [-0.1, -0.05) is 13.8 Å². The Morgan fingerprint density at radius 2 is 1.64 bits per heavy atom. The number of hydrogen-bond acceptors (Lipinski definition) is 4. The number of carbonyl (C=O) groups excluding carboxylic acids is 2. The van der Waals surface area contributed by atoms with Gasteiger partial charge in [-0.3, -0.25) is 4.79 Å². The first kappa shape index (κ1) is 20.4. The smallest absolute Gasteiger partial charge is 0.332 e. The maximum absolute atomic E-state index is 12.3. The number of Topliss-reactive ketones (excluding diaryl/α,β-unsaturated/α-hetero) is 1. The molecule has 4 fully saturated rings. The van der Waals surface area contributed by atoms with E-state index >= 15 is 0 Å². The summed E-state index contributed by atoms with van der Waals surface area (Å²) in [7, 11) is 0. The molecule has 0 bridgehead atoms.